The molecule has 1 aliphatic rings. The molecule has 1 saturated heterocycles. The molecule has 2 unspecified atom stereocenters. The first-order chi connectivity index (χ1) is 6.57. The van der Waals surface area contributed by atoms with Crippen LogP contribution in [0.5, 0.6) is 0 Å². The molecule has 0 aliphatic carbocycles. The second kappa shape index (κ2) is 4.13. The van der Waals surface area contributed by atoms with Crippen LogP contribution in [0.2, 0.25) is 0 Å². The molecule has 0 aromatic heterocycles. The average molecular weight is 199 g/mol. The summed E-state index contributed by atoms with van der Waals surface area (Å²) in [5, 5.41) is 8.73. The number of aliphatic carboxylic acids is 1. The van der Waals surface area contributed by atoms with Crippen LogP contribution in [0.3, 0.4) is 0 Å². The zero-order chi connectivity index (χ0) is 10.7. The number of amides is 1. The van der Waals surface area contributed by atoms with Crippen LogP contribution in [-0.2, 0) is 9.53 Å². The minimum Gasteiger partial charge on any atom is -0.480 e. The Labute approximate surface area is 82.0 Å². The van der Waals surface area contributed by atoms with Crippen molar-refractivity contribution < 1.29 is 19.4 Å². The van der Waals surface area contributed by atoms with Gasteiger partial charge in [0.1, 0.15) is 12.6 Å². The summed E-state index contributed by atoms with van der Waals surface area (Å²) in [6.45, 7) is 5.29. The Kier molecular flexibility index (Phi) is 3.11. The molecule has 1 rings (SSSR count). The van der Waals surface area contributed by atoms with Crippen molar-refractivity contribution in [3.63, 3.8) is 0 Å². The lowest BCUT2D eigenvalue weighted by Crippen LogP contribution is -2.60. The summed E-state index contributed by atoms with van der Waals surface area (Å²) >= 11 is 0. The second-order valence-electron chi connectivity index (χ2n) is 3.21. The number of carboxylic acids is 1. The van der Waals surface area contributed by atoms with Gasteiger partial charge < -0.3 is 9.84 Å². The fourth-order valence-electron chi connectivity index (χ4n) is 1.45. The molecule has 0 aromatic rings. The molecular weight excluding hydrogens is 186 g/mol. The number of carboxylic acid groups (broad SMARTS) is 1. The molecule has 0 spiro atoms. The summed E-state index contributed by atoms with van der Waals surface area (Å²) < 4.78 is 4.75. The van der Waals surface area contributed by atoms with E-state index in [1.807, 2.05) is 0 Å². The van der Waals surface area contributed by atoms with Crippen molar-refractivity contribution >= 4 is 12.1 Å². The quantitative estimate of drug-likeness (QED) is 0.684. The van der Waals surface area contributed by atoms with Crippen molar-refractivity contribution in [1.29, 1.82) is 0 Å². The van der Waals surface area contributed by atoms with Gasteiger partial charge in [0.2, 0.25) is 0 Å². The predicted octanol–water partition coefficient (Wildman–Crippen LogP) is 0.856. The lowest BCUT2D eigenvalue weighted by Gasteiger charge is -2.43. The lowest BCUT2D eigenvalue weighted by atomic mass is 9.95. The van der Waals surface area contributed by atoms with Crippen molar-refractivity contribution in [1.82, 2.24) is 4.90 Å². The van der Waals surface area contributed by atoms with E-state index >= 15 is 0 Å². The van der Waals surface area contributed by atoms with Gasteiger partial charge in [-0.25, -0.2) is 9.59 Å². The van der Waals surface area contributed by atoms with E-state index in [1.165, 1.54) is 11.0 Å². The first-order valence-corrected chi connectivity index (χ1v) is 4.36. The topological polar surface area (TPSA) is 66.8 Å². The van der Waals surface area contributed by atoms with E-state index in [-0.39, 0.29) is 12.6 Å². The zero-order valence-corrected chi connectivity index (χ0v) is 7.97. The lowest BCUT2D eigenvalue weighted by molar-refractivity contribution is -0.149. The number of carbonyl (C=O) groups excluding carboxylic acids is 1. The van der Waals surface area contributed by atoms with Crippen molar-refractivity contribution in [3.05, 3.63) is 12.7 Å². The molecule has 0 bridgehead atoms. The van der Waals surface area contributed by atoms with E-state index in [0.717, 1.165) is 0 Å². The Bertz CT molecular complexity index is 264. The fraction of sp³-hybridized carbons (Fsp3) is 0.556. The Morgan fingerprint density at radius 2 is 2.36 bits per heavy atom. The third kappa shape index (κ3) is 1.86. The molecule has 14 heavy (non-hydrogen) atoms. The number of hydrogen-bond acceptors (Lipinski definition) is 3. The van der Waals surface area contributed by atoms with Gasteiger partial charge in [-0.3, -0.25) is 4.90 Å². The fourth-order valence-corrected chi connectivity index (χ4v) is 1.45. The highest BCUT2D eigenvalue weighted by atomic mass is 16.6. The standard InChI is InChI=1S/C9H13NO4/c1-3-4-14-9(13)10-6(2)5-7(10)8(11)12/h3,6-7H,1,4-5H2,2H3,(H,11,12). The van der Waals surface area contributed by atoms with Crippen LogP contribution in [0.1, 0.15) is 13.3 Å². The van der Waals surface area contributed by atoms with Gasteiger partial charge in [0.25, 0.3) is 0 Å². The number of rotatable bonds is 3. The molecule has 1 N–H and O–H groups in total. The highest BCUT2D eigenvalue weighted by Crippen LogP contribution is 2.26. The summed E-state index contributed by atoms with van der Waals surface area (Å²) in [6, 6.07) is -0.796. The van der Waals surface area contributed by atoms with Gasteiger partial charge in [-0.05, 0) is 13.3 Å². The largest absolute Gasteiger partial charge is 0.480 e. The number of hydrogen-bond donors (Lipinski definition) is 1. The van der Waals surface area contributed by atoms with E-state index in [2.05, 4.69) is 6.58 Å². The van der Waals surface area contributed by atoms with Gasteiger partial charge >= 0.3 is 12.1 Å². The molecule has 5 heteroatoms. The number of carbonyl (C=O) groups is 2. The normalized spacial score (nSPS) is 25.1. The Balaban J connectivity index is 2.52. The maximum atomic E-state index is 11.3. The Hall–Kier alpha value is -1.52. The van der Waals surface area contributed by atoms with Gasteiger partial charge in [-0.15, -0.1) is 0 Å². The van der Waals surface area contributed by atoms with Crippen LogP contribution in [-0.4, -0.2) is 40.8 Å². The van der Waals surface area contributed by atoms with E-state index in [4.69, 9.17) is 9.84 Å². The van der Waals surface area contributed by atoms with E-state index in [1.54, 1.807) is 6.92 Å². The first-order valence-electron chi connectivity index (χ1n) is 4.36. The summed E-state index contributed by atoms with van der Waals surface area (Å²) in [5.41, 5.74) is 0. The smallest absolute Gasteiger partial charge is 0.411 e. The summed E-state index contributed by atoms with van der Waals surface area (Å²) in [5.74, 6) is -0.987. The van der Waals surface area contributed by atoms with E-state index in [9.17, 15) is 9.59 Å². The highest BCUT2D eigenvalue weighted by Gasteiger charge is 2.44. The van der Waals surface area contributed by atoms with Crippen LogP contribution in [0.4, 0.5) is 4.79 Å². The summed E-state index contributed by atoms with van der Waals surface area (Å²) in [7, 11) is 0. The van der Waals surface area contributed by atoms with Crippen molar-refractivity contribution in [3.8, 4) is 0 Å². The van der Waals surface area contributed by atoms with E-state index < -0.39 is 18.1 Å². The van der Waals surface area contributed by atoms with Gasteiger partial charge in [-0.2, -0.15) is 0 Å². The monoisotopic (exact) mass is 199 g/mol. The number of nitrogens with zero attached hydrogens (tertiary/aromatic N) is 1. The van der Waals surface area contributed by atoms with E-state index in [0.29, 0.717) is 6.42 Å². The van der Waals surface area contributed by atoms with Gasteiger partial charge in [0, 0.05) is 6.04 Å². The average Bonchev–Trinajstić information content (AvgIpc) is 2.10. The molecule has 5 nitrogen and oxygen atoms in total. The summed E-state index contributed by atoms with van der Waals surface area (Å²) in [6.07, 6.45) is 1.34. The van der Waals surface area contributed by atoms with Crippen LogP contribution in [0, 0.1) is 0 Å². The molecule has 1 fully saturated rings. The minimum atomic E-state index is -0.987. The Morgan fingerprint density at radius 1 is 1.71 bits per heavy atom. The number of likely N-dealkylation sites (tertiary alicyclic amines) is 1. The predicted molar refractivity (Wildman–Crippen MR) is 48.9 cm³/mol. The maximum Gasteiger partial charge on any atom is 0.411 e. The van der Waals surface area contributed by atoms with Gasteiger partial charge in [0.05, 0.1) is 0 Å². The van der Waals surface area contributed by atoms with Gasteiger partial charge in [-0.1, -0.05) is 12.7 Å². The SMILES string of the molecule is C=CCOC(=O)N1C(C)CC1C(=O)O. The van der Waals surface area contributed by atoms with Crippen LogP contribution < -0.4 is 0 Å². The molecule has 0 radical (unpaired) electrons. The Morgan fingerprint density at radius 3 is 2.79 bits per heavy atom. The highest BCUT2D eigenvalue weighted by molar-refractivity contribution is 5.82. The van der Waals surface area contributed by atoms with Crippen molar-refractivity contribution in [2.45, 2.75) is 25.4 Å². The molecule has 2 atom stereocenters. The maximum absolute atomic E-state index is 11.3. The number of ether oxygens (including phenoxy) is 1. The minimum absolute atomic E-state index is 0.0617. The molecule has 0 saturated carbocycles. The van der Waals surface area contributed by atoms with Crippen LogP contribution >= 0.6 is 0 Å². The molecular formula is C9H13NO4. The molecule has 1 aliphatic heterocycles. The molecule has 0 aromatic carbocycles. The third-order valence-electron chi connectivity index (χ3n) is 2.20. The summed E-state index contributed by atoms with van der Waals surface area (Å²) in [4.78, 5) is 23.2. The zero-order valence-electron chi connectivity index (χ0n) is 7.97. The second-order valence-corrected chi connectivity index (χ2v) is 3.21. The molecule has 78 valence electrons. The van der Waals surface area contributed by atoms with Crippen LogP contribution in [0.25, 0.3) is 0 Å². The molecule has 1 amide bonds. The third-order valence-corrected chi connectivity index (χ3v) is 2.20. The first kappa shape index (κ1) is 10.6. The van der Waals surface area contributed by atoms with Crippen molar-refractivity contribution in [2.24, 2.45) is 0 Å². The van der Waals surface area contributed by atoms with Crippen LogP contribution in [0.15, 0.2) is 12.7 Å². The van der Waals surface area contributed by atoms with Crippen molar-refractivity contribution in [2.75, 3.05) is 6.61 Å². The van der Waals surface area contributed by atoms with Gasteiger partial charge in [0.15, 0.2) is 0 Å². The molecule has 1 heterocycles.